The Morgan fingerprint density at radius 1 is 1.50 bits per heavy atom. The average molecular weight is 167 g/mol. The fraction of sp³-hybridized carbons (Fsp3) is 0.700. The van der Waals surface area contributed by atoms with E-state index in [1.54, 1.807) is 0 Å². The Morgan fingerprint density at radius 2 is 2.17 bits per heavy atom. The minimum Gasteiger partial charge on any atom is -0.350 e. The smallest absolute Gasteiger partial charge is 0.243 e. The number of carbonyl (C=O) groups is 1. The largest absolute Gasteiger partial charge is 0.350 e. The molecule has 1 saturated carbocycles. The van der Waals surface area contributed by atoms with Crippen molar-refractivity contribution in [2.75, 3.05) is 0 Å². The highest BCUT2D eigenvalue weighted by Gasteiger charge is 2.21. The van der Waals surface area contributed by atoms with Crippen LogP contribution in [0.4, 0.5) is 0 Å². The molecule has 0 heterocycles. The summed E-state index contributed by atoms with van der Waals surface area (Å²) in [5, 5.41) is 2.96. The van der Waals surface area contributed by atoms with Crippen molar-refractivity contribution in [2.24, 2.45) is 5.92 Å². The summed E-state index contributed by atoms with van der Waals surface area (Å²) in [5.41, 5.74) is 0. The number of nitrogens with one attached hydrogen (secondary N) is 1. The van der Waals surface area contributed by atoms with E-state index in [9.17, 15) is 4.79 Å². The molecule has 0 spiro atoms. The third-order valence-corrected chi connectivity index (χ3v) is 2.62. The molecule has 1 N–H and O–H groups in total. The van der Waals surface area contributed by atoms with E-state index in [0.717, 1.165) is 6.42 Å². The van der Waals surface area contributed by atoms with Crippen molar-refractivity contribution >= 4 is 5.91 Å². The maximum Gasteiger partial charge on any atom is 0.243 e. The van der Waals surface area contributed by atoms with Crippen molar-refractivity contribution in [3.63, 3.8) is 0 Å². The first kappa shape index (κ1) is 9.30. The molecule has 12 heavy (non-hydrogen) atoms. The van der Waals surface area contributed by atoms with Gasteiger partial charge in [0, 0.05) is 6.04 Å². The lowest BCUT2D eigenvalue weighted by molar-refractivity contribution is -0.117. The van der Waals surface area contributed by atoms with Gasteiger partial charge >= 0.3 is 0 Å². The number of carbonyl (C=O) groups excluding carboxylic acids is 1. The summed E-state index contributed by atoms with van der Waals surface area (Å²) in [7, 11) is 0. The Bertz CT molecular complexity index is 177. The summed E-state index contributed by atoms with van der Waals surface area (Å²) < 4.78 is 0. The van der Waals surface area contributed by atoms with Crippen LogP contribution in [-0.4, -0.2) is 11.9 Å². The van der Waals surface area contributed by atoms with Gasteiger partial charge in [-0.15, -0.1) is 0 Å². The standard InChI is InChI=1S/C10H17NO/c1-3-10(12)11-9-7-5-4-6-8(9)2/h3,8-9H,1,4-7H2,2H3,(H,11,12)/t8-,9-/m1/s1. The van der Waals surface area contributed by atoms with Crippen LogP contribution in [0.3, 0.4) is 0 Å². The van der Waals surface area contributed by atoms with E-state index in [-0.39, 0.29) is 5.91 Å². The Kier molecular flexibility index (Phi) is 3.32. The Morgan fingerprint density at radius 3 is 2.75 bits per heavy atom. The van der Waals surface area contributed by atoms with Gasteiger partial charge in [0.1, 0.15) is 0 Å². The molecule has 0 aromatic heterocycles. The summed E-state index contributed by atoms with van der Waals surface area (Å²) in [5.74, 6) is 0.594. The van der Waals surface area contributed by atoms with Crippen LogP contribution < -0.4 is 5.32 Å². The topological polar surface area (TPSA) is 29.1 Å². The fourth-order valence-corrected chi connectivity index (χ4v) is 1.77. The van der Waals surface area contributed by atoms with Gasteiger partial charge in [0.25, 0.3) is 0 Å². The highest BCUT2D eigenvalue weighted by Crippen LogP contribution is 2.23. The van der Waals surface area contributed by atoms with E-state index in [0.29, 0.717) is 12.0 Å². The zero-order valence-electron chi connectivity index (χ0n) is 7.68. The van der Waals surface area contributed by atoms with Crippen molar-refractivity contribution < 1.29 is 4.79 Å². The maximum absolute atomic E-state index is 11.0. The lowest BCUT2D eigenvalue weighted by atomic mass is 9.86. The second-order valence-corrected chi connectivity index (χ2v) is 3.58. The summed E-state index contributed by atoms with van der Waals surface area (Å²) in [4.78, 5) is 11.0. The van der Waals surface area contributed by atoms with Crippen molar-refractivity contribution in [1.82, 2.24) is 5.32 Å². The van der Waals surface area contributed by atoms with Gasteiger partial charge in [-0.2, -0.15) is 0 Å². The lowest BCUT2D eigenvalue weighted by Crippen LogP contribution is -2.40. The predicted octanol–water partition coefficient (Wildman–Crippen LogP) is 1.87. The first-order valence-corrected chi connectivity index (χ1v) is 4.67. The molecule has 0 radical (unpaired) electrons. The predicted molar refractivity (Wildman–Crippen MR) is 49.8 cm³/mol. The van der Waals surface area contributed by atoms with Crippen LogP contribution in [-0.2, 0) is 4.79 Å². The number of rotatable bonds is 2. The molecule has 0 saturated heterocycles. The first-order valence-electron chi connectivity index (χ1n) is 4.67. The highest BCUT2D eigenvalue weighted by molar-refractivity contribution is 5.87. The van der Waals surface area contributed by atoms with Crippen molar-refractivity contribution in [3.05, 3.63) is 12.7 Å². The SMILES string of the molecule is C=CC(=O)N[C@@H]1CCCC[C@H]1C. The third-order valence-electron chi connectivity index (χ3n) is 2.62. The van der Waals surface area contributed by atoms with Gasteiger partial charge in [0.15, 0.2) is 0 Å². The molecule has 0 aromatic carbocycles. The number of amides is 1. The molecule has 1 aliphatic carbocycles. The summed E-state index contributed by atoms with van der Waals surface area (Å²) in [6, 6.07) is 0.379. The van der Waals surface area contributed by atoms with E-state index in [1.807, 2.05) is 0 Å². The van der Waals surface area contributed by atoms with Crippen LogP contribution in [0.2, 0.25) is 0 Å². The minimum atomic E-state index is -0.0336. The molecule has 0 aliphatic heterocycles. The van der Waals surface area contributed by atoms with Gasteiger partial charge < -0.3 is 5.32 Å². The van der Waals surface area contributed by atoms with Gasteiger partial charge in [-0.05, 0) is 24.8 Å². The molecule has 2 nitrogen and oxygen atoms in total. The van der Waals surface area contributed by atoms with E-state index >= 15 is 0 Å². The molecule has 1 amide bonds. The van der Waals surface area contributed by atoms with E-state index in [2.05, 4.69) is 18.8 Å². The lowest BCUT2D eigenvalue weighted by Gasteiger charge is -2.28. The normalized spacial score (nSPS) is 29.4. The van der Waals surface area contributed by atoms with Crippen LogP contribution in [0.15, 0.2) is 12.7 Å². The van der Waals surface area contributed by atoms with Gasteiger partial charge in [-0.25, -0.2) is 0 Å². The van der Waals surface area contributed by atoms with E-state index in [1.165, 1.54) is 25.3 Å². The molecule has 1 aliphatic rings. The monoisotopic (exact) mass is 167 g/mol. The second-order valence-electron chi connectivity index (χ2n) is 3.58. The molecule has 68 valence electrons. The van der Waals surface area contributed by atoms with Crippen molar-refractivity contribution in [1.29, 1.82) is 0 Å². The fourth-order valence-electron chi connectivity index (χ4n) is 1.77. The Balaban J connectivity index is 2.38. The molecule has 1 rings (SSSR count). The summed E-state index contributed by atoms with van der Waals surface area (Å²) in [6.07, 6.45) is 6.26. The highest BCUT2D eigenvalue weighted by atomic mass is 16.1. The van der Waals surface area contributed by atoms with Gasteiger partial charge in [0.2, 0.25) is 5.91 Å². The zero-order chi connectivity index (χ0) is 8.97. The first-order chi connectivity index (χ1) is 5.74. The summed E-state index contributed by atoms with van der Waals surface area (Å²) in [6.45, 7) is 5.64. The van der Waals surface area contributed by atoms with E-state index < -0.39 is 0 Å². The minimum absolute atomic E-state index is 0.0336. The quantitative estimate of drug-likeness (QED) is 0.625. The number of hydrogen-bond donors (Lipinski definition) is 1. The number of hydrogen-bond acceptors (Lipinski definition) is 1. The summed E-state index contributed by atoms with van der Waals surface area (Å²) >= 11 is 0. The molecule has 2 atom stereocenters. The molecule has 1 fully saturated rings. The van der Waals surface area contributed by atoms with Gasteiger partial charge in [-0.1, -0.05) is 26.3 Å². The molecule has 0 unspecified atom stereocenters. The molecule has 0 bridgehead atoms. The Labute approximate surface area is 74.0 Å². The molecular formula is C10H17NO. The van der Waals surface area contributed by atoms with Gasteiger partial charge in [0.05, 0.1) is 0 Å². The van der Waals surface area contributed by atoms with Crippen LogP contribution in [0.1, 0.15) is 32.6 Å². The average Bonchev–Trinajstić information content (AvgIpc) is 2.09. The van der Waals surface area contributed by atoms with Crippen molar-refractivity contribution in [3.8, 4) is 0 Å². The van der Waals surface area contributed by atoms with Crippen molar-refractivity contribution in [2.45, 2.75) is 38.6 Å². The second kappa shape index (κ2) is 4.29. The third kappa shape index (κ3) is 2.36. The maximum atomic E-state index is 11.0. The van der Waals surface area contributed by atoms with Crippen LogP contribution in [0.25, 0.3) is 0 Å². The molecule has 0 aromatic rings. The van der Waals surface area contributed by atoms with Crippen LogP contribution in [0.5, 0.6) is 0 Å². The van der Waals surface area contributed by atoms with Gasteiger partial charge in [-0.3, -0.25) is 4.79 Å². The molecular weight excluding hydrogens is 150 g/mol. The molecule has 2 heteroatoms. The Hall–Kier alpha value is -0.790. The zero-order valence-corrected chi connectivity index (χ0v) is 7.68. The van der Waals surface area contributed by atoms with Crippen LogP contribution >= 0.6 is 0 Å². The van der Waals surface area contributed by atoms with E-state index in [4.69, 9.17) is 0 Å². The van der Waals surface area contributed by atoms with Crippen LogP contribution in [0, 0.1) is 5.92 Å².